The van der Waals surface area contributed by atoms with Crippen molar-refractivity contribution in [3.05, 3.63) is 29.8 Å². The molecule has 0 saturated heterocycles. The maximum absolute atomic E-state index is 12.4. The van der Waals surface area contributed by atoms with Crippen molar-refractivity contribution in [3.63, 3.8) is 0 Å². The molecule has 1 saturated carbocycles. The molecular formula is C17H26N2O3S. The second-order valence-corrected chi connectivity index (χ2v) is 7.95. The van der Waals surface area contributed by atoms with Crippen LogP contribution in [0, 0.1) is 5.92 Å². The maximum Gasteiger partial charge on any atom is 0.243 e. The molecule has 1 fully saturated rings. The van der Waals surface area contributed by atoms with Crippen molar-refractivity contribution in [2.24, 2.45) is 5.92 Å². The van der Waals surface area contributed by atoms with Crippen LogP contribution in [0.25, 0.3) is 0 Å². The molecule has 0 unspecified atom stereocenters. The van der Waals surface area contributed by atoms with Gasteiger partial charge in [0.2, 0.25) is 15.9 Å². The average molecular weight is 338 g/mol. The van der Waals surface area contributed by atoms with Gasteiger partial charge in [-0.1, -0.05) is 32.4 Å². The second-order valence-electron chi connectivity index (χ2n) is 6.02. The molecule has 1 aliphatic rings. The van der Waals surface area contributed by atoms with E-state index >= 15 is 0 Å². The highest BCUT2D eigenvalue weighted by atomic mass is 32.2. The zero-order valence-corrected chi connectivity index (χ0v) is 14.9. The summed E-state index contributed by atoms with van der Waals surface area (Å²) in [6.45, 7) is 6.48. The molecule has 6 heteroatoms. The first kappa shape index (κ1) is 17.9. The van der Waals surface area contributed by atoms with Gasteiger partial charge in [-0.25, -0.2) is 8.42 Å². The quantitative estimate of drug-likeness (QED) is 0.831. The van der Waals surface area contributed by atoms with Gasteiger partial charge < -0.3 is 5.32 Å². The molecule has 1 aromatic rings. The highest BCUT2D eigenvalue weighted by Crippen LogP contribution is 2.27. The van der Waals surface area contributed by atoms with Crippen LogP contribution in [0.5, 0.6) is 0 Å². The number of carbonyl (C=O) groups is 1. The van der Waals surface area contributed by atoms with E-state index in [1.807, 2.05) is 20.8 Å². The first-order valence-electron chi connectivity index (χ1n) is 8.30. The topological polar surface area (TPSA) is 66.5 Å². The van der Waals surface area contributed by atoms with Crippen LogP contribution in [0.15, 0.2) is 29.2 Å². The van der Waals surface area contributed by atoms with Gasteiger partial charge in [-0.3, -0.25) is 4.79 Å². The van der Waals surface area contributed by atoms with Crippen LogP contribution in [-0.4, -0.2) is 31.7 Å². The van der Waals surface area contributed by atoms with Crippen LogP contribution < -0.4 is 5.32 Å². The number of hydrogen-bond donors (Lipinski definition) is 1. The van der Waals surface area contributed by atoms with Crippen molar-refractivity contribution in [1.29, 1.82) is 0 Å². The lowest BCUT2D eigenvalue weighted by atomic mass is 9.84. The van der Waals surface area contributed by atoms with E-state index in [0.717, 1.165) is 24.8 Å². The molecule has 0 aromatic heterocycles. The molecule has 0 heterocycles. The minimum absolute atomic E-state index is 0.101. The monoisotopic (exact) mass is 338 g/mol. The molecule has 1 aliphatic carbocycles. The SMILES string of the molecule is CCN(CC)S(=O)(=O)c1ccc([C@H](C)NC(=O)C2CCC2)cc1. The van der Waals surface area contributed by atoms with Crippen molar-refractivity contribution in [2.45, 2.75) is 51.0 Å². The van der Waals surface area contributed by atoms with E-state index in [4.69, 9.17) is 0 Å². The Hall–Kier alpha value is -1.40. The summed E-state index contributed by atoms with van der Waals surface area (Å²) in [6.07, 6.45) is 3.07. The summed E-state index contributed by atoms with van der Waals surface area (Å²) in [5.74, 6) is 0.253. The van der Waals surface area contributed by atoms with E-state index in [1.165, 1.54) is 4.31 Å². The molecule has 23 heavy (non-hydrogen) atoms. The lowest BCUT2D eigenvalue weighted by molar-refractivity contribution is -0.128. The summed E-state index contributed by atoms with van der Waals surface area (Å²) in [4.78, 5) is 12.3. The van der Waals surface area contributed by atoms with Crippen molar-refractivity contribution < 1.29 is 13.2 Å². The van der Waals surface area contributed by atoms with Crippen molar-refractivity contribution in [1.82, 2.24) is 9.62 Å². The molecule has 1 aromatic carbocycles. The van der Waals surface area contributed by atoms with Crippen LogP contribution >= 0.6 is 0 Å². The molecule has 0 spiro atoms. The Balaban J connectivity index is 2.07. The number of rotatable bonds is 7. The fraction of sp³-hybridized carbons (Fsp3) is 0.588. The van der Waals surface area contributed by atoms with Gasteiger partial charge in [-0.15, -0.1) is 0 Å². The van der Waals surface area contributed by atoms with Crippen molar-refractivity contribution in [3.8, 4) is 0 Å². The van der Waals surface area contributed by atoms with Gasteiger partial charge in [0, 0.05) is 19.0 Å². The van der Waals surface area contributed by atoms with E-state index in [0.29, 0.717) is 18.0 Å². The third-order valence-corrected chi connectivity index (χ3v) is 6.62. The molecule has 128 valence electrons. The second kappa shape index (κ2) is 7.45. The van der Waals surface area contributed by atoms with Crippen molar-refractivity contribution in [2.75, 3.05) is 13.1 Å². The summed E-state index contributed by atoms with van der Waals surface area (Å²) < 4.78 is 26.3. The average Bonchev–Trinajstić information content (AvgIpc) is 2.46. The van der Waals surface area contributed by atoms with E-state index in [-0.39, 0.29) is 17.9 Å². The fourth-order valence-corrected chi connectivity index (χ4v) is 4.18. The Morgan fingerprint density at radius 3 is 2.22 bits per heavy atom. The van der Waals surface area contributed by atoms with E-state index < -0.39 is 10.0 Å². The van der Waals surface area contributed by atoms with E-state index in [1.54, 1.807) is 24.3 Å². The van der Waals surface area contributed by atoms with Gasteiger partial charge >= 0.3 is 0 Å². The summed E-state index contributed by atoms with van der Waals surface area (Å²) in [7, 11) is -3.43. The molecule has 5 nitrogen and oxygen atoms in total. The molecule has 1 atom stereocenters. The first-order chi connectivity index (χ1) is 10.9. The lowest BCUT2D eigenvalue weighted by Gasteiger charge is -2.26. The number of sulfonamides is 1. The Bertz CT molecular complexity index is 632. The Morgan fingerprint density at radius 2 is 1.78 bits per heavy atom. The zero-order chi connectivity index (χ0) is 17.0. The molecule has 2 rings (SSSR count). The van der Waals surface area contributed by atoms with Crippen LogP contribution in [0.4, 0.5) is 0 Å². The Kier molecular flexibility index (Phi) is 5.81. The third-order valence-electron chi connectivity index (χ3n) is 4.56. The van der Waals surface area contributed by atoms with Gasteiger partial charge in [0.05, 0.1) is 10.9 Å². The van der Waals surface area contributed by atoms with Gasteiger partial charge in [0.15, 0.2) is 0 Å². The van der Waals surface area contributed by atoms with E-state index in [9.17, 15) is 13.2 Å². The van der Waals surface area contributed by atoms with Gasteiger partial charge in [-0.2, -0.15) is 4.31 Å². The minimum Gasteiger partial charge on any atom is -0.349 e. The number of nitrogens with one attached hydrogen (secondary N) is 1. The summed E-state index contributed by atoms with van der Waals surface area (Å²) in [5, 5.41) is 3.00. The number of amides is 1. The molecule has 0 radical (unpaired) electrons. The molecule has 0 bridgehead atoms. The first-order valence-corrected chi connectivity index (χ1v) is 9.74. The summed E-state index contributed by atoms with van der Waals surface area (Å²) in [6, 6.07) is 6.68. The fourth-order valence-electron chi connectivity index (χ4n) is 2.73. The summed E-state index contributed by atoms with van der Waals surface area (Å²) in [5.41, 5.74) is 0.913. The smallest absolute Gasteiger partial charge is 0.243 e. The number of nitrogens with zero attached hydrogens (tertiary/aromatic N) is 1. The van der Waals surface area contributed by atoms with Crippen LogP contribution in [0.3, 0.4) is 0 Å². The molecule has 1 amide bonds. The molecule has 0 aliphatic heterocycles. The Morgan fingerprint density at radius 1 is 1.22 bits per heavy atom. The van der Waals surface area contributed by atoms with Crippen LogP contribution in [0.1, 0.15) is 51.6 Å². The standard InChI is InChI=1S/C17H26N2O3S/c1-4-19(5-2)23(21,22)16-11-9-14(10-12-16)13(3)18-17(20)15-7-6-8-15/h9-13,15H,4-8H2,1-3H3,(H,18,20)/t13-/m0/s1. The number of hydrogen-bond acceptors (Lipinski definition) is 3. The van der Waals surface area contributed by atoms with Gasteiger partial charge in [0.25, 0.3) is 0 Å². The lowest BCUT2D eigenvalue weighted by Crippen LogP contribution is -2.36. The van der Waals surface area contributed by atoms with Crippen LogP contribution in [0.2, 0.25) is 0 Å². The highest BCUT2D eigenvalue weighted by molar-refractivity contribution is 7.89. The molecule has 1 N–H and O–H groups in total. The predicted octanol–water partition coefficient (Wildman–Crippen LogP) is 2.69. The molecular weight excluding hydrogens is 312 g/mol. The zero-order valence-electron chi connectivity index (χ0n) is 14.1. The van der Waals surface area contributed by atoms with Crippen molar-refractivity contribution >= 4 is 15.9 Å². The van der Waals surface area contributed by atoms with E-state index in [2.05, 4.69) is 5.32 Å². The highest BCUT2D eigenvalue weighted by Gasteiger charge is 2.26. The van der Waals surface area contributed by atoms with Gasteiger partial charge in [-0.05, 0) is 37.5 Å². The minimum atomic E-state index is -3.43. The predicted molar refractivity (Wildman–Crippen MR) is 90.4 cm³/mol. The normalized spacial score (nSPS) is 16.9. The largest absolute Gasteiger partial charge is 0.349 e. The Labute approximate surface area is 139 Å². The number of carbonyl (C=O) groups excluding carboxylic acids is 1. The maximum atomic E-state index is 12.4. The van der Waals surface area contributed by atoms with Gasteiger partial charge in [0.1, 0.15) is 0 Å². The number of benzene rings is 1. The third kappa shape index (κ3) is 3.93. The summed E-state index contributed by atoms with van der Waals surface area (Å²) >= 11 is 0. The van der Waals surface area contributed by atoms with Crippen LogP contribution in [-0.2, 0) is 14.8 Å².